The fraction of sp³-hybridized carbons (Fsp3) is 0.100. The van der Waals surface area contributed by atoms with E-state index in [1.165, 1.54) is 6.07 Å². The summed E-state index contributed by atoms with van der Waals surface area (Å²) in [4.78, 5) is 4.22. The van der Waals surface area contributed by atoms with Crippen LogP contribution in [-0.4, -0.2) is 4.98 Å². The van der Waals surface area contributed by atoms with Crippen LogP contribution < -0.4 is 0 Å². The average molecular weight is 319 g/mol. The van der Waals surface area contributed by atoms with Gasteiger partial charge in [0.25, 0.3) is 0 Å². The number of hydrogen-bond acceptors (Lipinski definition) is 1. The van der Waals surface area contributed by atoms with Crippen LogP contribution in [0.5, 0.6) is 0 Å². The molecule has 0 N–H and O–H groups in total. The molecule has 0 atom stereocenters. The van der Waals surface area contributed by atoms with Gasteiger partial charge in [0.15, 0.2) is 0 Å². The molecule has 1 aromatic heterocycles. The number of hydrogen-bond donors (Lipinski definition) is 0. The summed E-state index contributed by atoms with van der Waals surface area (Å²) in [5.41, 5.74) is 1.23. The molecule has 2 rings (SSSR count). The van der Waals surface area contributed by atoms with E-state index in [2.05, 4.69) is 36.8 Å². The molecule has 2 aromatic rings. The molecule has 0 spiro atoms. The SMILES string of the molecule is Fc1cccc2cc(Br)c(CBr)nc12. The number of para-hydroxylation sites is 1. The first-order valence-electron chi connectivity index (χ1n) is 4.02. The first kappa shape index (κ1) is 10.1. The number of benzene rings is 1. The van der Waals surface area contributed by atoms with Crippen LogP contribution >= 0.6 is 31.9 Å². The van der Waals surface area contributed by atoms with E-state index in [0.29, 0.717) is 10.8 Å². The minimum Gasteiger partial charge on any atom is -0.248 e. The van der Waals surface area contributed by atoms with E-state index in [4.69, 9.17) is 0 Å². The highest BCUT2D eigenvalue weighted by Gasteiger charge is 2.06. The average Bonchev–Trinajstić information content (AvgIpc) is 2.17. The lowest BCUT2D eigenvalue weighted by Crippen LogP contribution is -1.91. The third-order valence-corrected chi connectivity index (χ3v) is 3.17. The Morgan fingerprint density at radius 3 is 2.86 bits per heavy atom. The summed E-state index contributed by atoms with van der Waals surface area (Å²) >= 11 is 6.69. The molecule has 0 radical (unpaired) electrons. The van der Waals surface area contributed by atoms with Crippen LogP contribution in [0.1, 0.15) is 5.69 Å². The number of fused-ring (bicyclic) bond motifs is 1. The van der Waals surface area contributed by atoms with Crippen molar-refractivity contribution in [2.75, 3.05) is 0 Å². The number of nitrogens with zero attached hydrogens (tertiary/aromatic N) is 1. The van der Waals surface area contributed by atoms with Crippen molar-refractivity contribution in [3.63, 3.8) is 0 Å². The Bertz CT molecular complexity index is 485. The number of halogens is 3. The van der Waals surface area contributed by atoms with Gasteiger partial charge in [0.2, 0.25) is 0 Å². The number of alkyl halides is 1. The second-order valence-corrected chi connectivity index (χ2v) is 4.28. The number of pyridine rings is 1. The zero-order valence-electron chi connectivity index (χ0n) is 7.10. The van der Waals surface area contributed by atoms with E-state index in [9.17, 15) is 4.39 Å². The van der Waals surface area contributed by atoms with Crippen molar-refractivity contribution < 1.29 is 4.39 Å². The van der Waals surface area contributed by atoms with Gasteiger partial charge in [0.05, 0.1) is 5.69 Å². The van der Waals surface area contributed by atoms with Gasteiger partial charge < -0.3 is 0 Å². The Morgan fingerprint density at radius 2 is 2.14 bits per heavy atom. The quantitative estimate of drug-likeness (QED) is 0.723. The first-order chi connectivity index (χ1) is 6.72. The van der Waals surface area contributed by atoms with Crippen molar-refractivity contribution in [1.82, 2.24) is 4.98 Å². The summed E-state index contributed by atoms with van der Waals surface area (Å²) in [5.74, 6) is -0.280. The van der Waals surface area contributed by atoms with Crippen molar-refractivity contribution in [3.05, 3.63) is 40.2 Å². The van der Waals surface area contributed by atoms with Gasteiger partial charge in [-0.15, -0.1) is 0 Å². The summed E-state index contributed by atoms with van der Waals surface area (Å²) in [6, 6.07) is 6.82. The molecule has 0 saturated carbocycles. The summed E-state index contributed by atoms with van der Waals surface area (Å²) in [6.07, 6.45) is 0. The van der Waals surface area contributed by atoms with Gasteiger partial charge in [-0.2, -0.15) is 0 Å². The highest BCUT2D eigenvalue weighted by Crippen LogP contribution is 2.24. The van der Waals surface area contributed by atoms with E-state index in [-0.39, 0.29) is 5.82 Å². The zero-order chi connectivity index (χ0) is 10.1. The molecular formula is C10H6Br2FN. The molecule has 0 bridgehead atoms. The normalized spacial score (nSPS) is 10.8. The smallest absolute Gasteiger partial charge is 0.149 e. The lowest BCUT2D eigenvalue weighted by atomic mass is 10.2. The molecule has 1 heterocycles. The van der Waals surface area contributed by atoms with E-state index >= 15 is 0 Å². The third-order valence-electron chi connectivity index (χ3n) is 1.95. The van der Waals surface area contributed by atoms with Crippen molar-refractivity contribution in [1.29, 1.82) is 0 Å². The van der Waals surface area contributed by atoms with Gasteiger partial charge in [0.1, 0.15) is 11.3 Å². The maximum Gasteiger partial charge on any atom is 0.149 e. The molecule has 0 saturated heterocycles. The van der Waals surface area contributed by atoms with Crippen LogP contribution in [0.15, 0.2) is 28.7 Å². The lowest BCUT2D eigenvalue weighted by molar-refractivity contribution is 0.636. The molecule has 0 aliphatic heterocycles. The molecule has 4 heteroatoms. The third kappa shape index (κ3) is 1.68. The van der Waals surface area contributed by atoms with Crippen molar-refractivity contribution >= 4 is 42.8 Å². The highest BCUT2D eigenvalue weighted by molar-refractivity contribution is 9.10. The van der Waals surface area contributed by atoms with Gasteiger partial charge >= 0.3 is 0 Å². The Morgan fingerprint density at radius 1 is 1.36 bits per heavy atom. The van der Waals surface area contributed by atoms with Crippen LogP contribution in [0.2, 0.25) is 0 Å². The minimum absolute atomic E-state index is 0.280. The van der Waals surface area contributed by atoms with Gasteiger partial charge in [-0.3, -0.25) is 0 Å². The van der Waals surface area contributed by atoms with Crippen LogP contribution in [-0.2, 0) is 5.33 Å². The Labute approximate surface area is 97.6 Å². The summed E-state index contributed by atoms with van der Waals surface area (Å²) in [5, 5.41) is 1.42. The van der Waals surface area contributed by atoms with Crippen LogP contribution in [0.25, 0.3) is 10.9 Å². The van der Waals surface area contributed by atoms with E-state index in [0.717, 1.165) is 15.6 Å². The molecule has 0 aliphatic rings. The van der Waals surface area contributed by atoms with Gasteiger partial charge in [-0.25, -0.2) is 9.37 Å². The maximum absolute atomic E-state index is 13.3. The van der Waals surface area contributed by atoms with Crippen LogP contribution in [0, 0.1) is 5.82 Å². The van der Waals surface area contributed by atoms with Crippen molar-refractivity contribution in [2.45, 2.75) is 5.33 Å². The molecule has 0 aliphatic carbocycles. The van der Waals surface area contributed by atoms with Crippen molar-refractivity contribution in [3.8, 4) is 0 Å². The number of aromatic nitrogens is 1. The van der Waals surface area contributed by atoms with Gasteiger partial charge in [0, 0.05) is 15.2 Å². The Hall–Kier alpha value is -0.480. The standard InChI is InChI=1S/C10H6Br2FN/c11-5-9-7(12)4-6-2-1-3-8(13)10(6)14-9/h1-4H,5H2. The number of rotatable bonds is 1. The predicted octanol–water partition coefficient (Wildman–Crippen LogP) is 4.03. The van der Waals surface area contributed by atoms with Crippen molar-refractivity contribution in [2.24, 2.45) is 0 Å². The largest absolute Gasteiger partial charge is 0.248 e. The molecule has 0 amide bonds. The van der Waals surface area contributed by atoms with E-state index in [1.807, 2.05) is 12.1 Å². The second kappa shape index (κ2) is 3.95. The summed E-state index contributed by atoms with van der Waals surface area (Å²) in [6.45, 7) is 0. The molecule has 14 heavy (non-hydrogen) atoms. The molecule has 72 valence electrons. The zero-order valence-corrected chi connectivity index (χ0v) is 10.3. The summed E-state index contributed by atoms with van der Waals surface area (Å²) in [7, 11) is 0. The fourth-order valence-corrected chi connectivity index (χ4v) is 2.55. The van der Waals surface area contributed by atoms with E-state index in [1.54, 1.807) is 6.07 Å². The first-order valence-corrected chi connectivity index (χ1v) is 5.93. The molecule has 1 nitrogen and oxygen atoms in total. The maximum atomic E-state index is 13.3. The molecule has 0 fully saturated rings. The van der Waals surface area contributed by atoms with Crippen LogP contribution in [0.4, 0.5) is 4.39 Å². The monoisotopic (exact) mass is 317 g/mol. The van der Waals surface area contributed by atoms with E-state index < -0.39 is 0 Å². The summed E-state index contributed by atoms with van der Waals surface area (Å²) < 4.78 is 14.2. The predicted molar refractivity (Wildman–Crippen MR) is 62.0 cm³/mol. The van der Waals surface area contributed by atoms with Gasteiger partial charge in [-0.05, 0) is 28.1 Å². The fourth-order valence-electron chi connectivity index (χ4n) is 1.27. The van der Waals surface area contributed by atoms with Gasteiger partial charge in [-0.1, -0.05) is 28.1 Å². The lowest BCUT2D eigenvalue weighted by Gasteiger charge is -2.03. The Kier molecular flexibility index (Phi) is 2.83. The van der Waals surface area contributed by atoms with Crippen LogP contribution in [0.3, 0.4) is 0 Å². The second-order valence-electron chi connectivity index (χ2n) is 2.86. The Balaban J connectivity index is 2.80. The topological polar surface area (TPSA) is 12.9 Å². The molecule has 0 unspecified atom stereocenters. The molecule has 1 aromatic carbocycles. The highest BCUT2D eigenvalue weighted by atomic mass is 79.9. The molecular weight excluding hydrogens is 313 g/mol. The minimum atomic E-state index is -0.280.